The first kappa shape index (κ1) is 16.9. The molecule has 1 N–H and O–H groups in total. The number of likely N-dealkylation sites (tertiary alicyclic amines) is 1. The van der Waals surface area contributed by atoms with Gasteiger partial charge in [-0.15, -0.1) is 0 Å². The number of benzene rings is 1. The number of carbonyl (C=O) groups excluding carboxylic acids is 2. The summed E-state index contributed by atoms with van der Waals surface area (Å²) in [7, 11) is 1.74. The van der Waals surface area contributed by atoms with Crippen LogP contribution in [0.25, 0.3) is 10.9 Å². The fourth-order valence-electron chi connectivity index (χ4n) is 4.45. The SMILES string of the molecule is Cc1ccc(C)c2c(C)c(C(=O)N3CCC[C@@]4(CN(C)C(=O)O4)C3)[nH]c12. The van der Waals surface area contributed by atoms with Crippen molar-refractivity contribution in [3.63, 3.8) is 0 Å². The minimum atomic E-state index is -0.564. The van der Waals surface area contributed by atoms with E-state index in [1.54, 1.807) is 11.9 Å². The number of H-pyrrole nitrogens is 1. The summed E-state index contributed by atoms with van der Waals surface area (Å²) < 4.78 is 5.63. The lowest BCUT2D eigenvalue weighted by molar-refractivity contribution is -0.00540. The van der Waals surface area contributed by atoms with Crippen LogP contribution in [0.3, 0.4) is 0 Å². The standard InChI is InChI=1S/C20H25N3O3/c1-12-6-7-13(2)16-15(12)14(3)17(21-16)18(24)23-9-5-8-20(11-23)10-22(4)19(25)26-20/h6-7,21H,5,8-11H2,1-4H3/t20-/m1/s1. The number of nitrogens with one attached hydrogen (secondary N) is 1. The van der Waals surface area contributed by atoms with E-state index in [1.165, 1.54) is 5.56 Å². The Morgan fingerprint density at radius 1 is 1.19 bits per heavy atom. The summed E-state index contributed by atoms with van der Waals surface area (Å²) in [5.41, 5.74) is 4.41. The zero-order valence-electron chi connectivity index (χ0n) is 15.8. The van der Waals surface area contributed by atoms with Crippen molar-refractivity contribution >= 4 is 22.9 Å². The summed E-state index contributed by atoms with van der Waals surface area (Å²) in [6.45, 7) is 7.81. The van der Waals surface area contributed by atoms with Gasteiger partial charge in [0.1, 0.15) is 11.3 Å². The summed E-state index contributed by atoms with van der Waals surface area (Å²) >= 11 is 0. The third-order valence-corrected chi connectivity index (χ3v) is 5.80. The van der Waals surface area contributed by atoms with Crippen LogP contribution in [-0.2, 0) is 4.74 Å². The Hall–Kier alpha value is -2.50. The number of ether oxygens (including phenoxy) is 1. The Balaban J connectivity index is 1.67. The Bertz CT molecular complexity index is 917. The Morgan fingerprint density at radius 2 is 1.92 bits per heavy atom. The second-order valence-corrected chi connectivity index (χ2v) is 7.81. The highest BCUT2D eigenvalue weighted by Crippen LogP contribution is 2.33. The molecule has 6 nitrogen and oxygen atoms in total. The molecule has 2 aliphatic heterocycles. The fraction of sp³-hybridized carbons (Fsp3) is 0.500. The lowest BCUT2D eigenvalue weighted by Gasteiger charge is -2.38. The quantitative estimate of drug-likeness (QED) is 0.855. The summed E-state index contributed by atoms with van der Waals surface area (Å²) in [5.74, 6) is -0.0119. The normalized spacial score (nSPS) is 23.2. The van der Waals surface area contributed by atoms with E-state index in [2.05, 4.69) is 31.0 Å². The molecule has 2 fully saturated rings. The Labute approximate surface area is 153 Å². The molecule has 1 atom stereocenters. The molecule has 2 aliphatic rings. The van der Waals surface area contributed by atoms with Crippen molar-refractivity contribution in [2.24, 2.45) is 0 Å². The molecule has 1 spiro atoms. The maximum Gasteiger partial charge on any atom is 0.410 e. The highest BCUT2D eigenvalue weighted by atomic mass is 16.6. The van der Waals surface area contributed by atoms with Crippen LogP contribution < -0.4 is 0 Å². The molecule has 0 bridgehead atoms. The van der Waals surface area contributed by atoms with Gasteiger partial charge in [0.2, 0.25) is 0 Å². The molecule has 0 aliphatic carbocycles. The molecular weight excluding hydrogens is 330 g/mol. The summed E-state index contributed by atoms with van der Waals surface area (Å²) in [6, 6.07) is 4.17. The van der Waals surface area contributed by atoms with E-state index in [-0.39, 0.29) is 12.0 Å². The first-order valence-corrected chi connectivity index (χ1v) is 9.13. The number of nitrogens with zero attached hydrogens (tertiary/aromatic N) is 2. The van der Waals surface area contributed by atoms with Gasteiger partial charge in [-0.25, -0.2) is 4.79 Å². The van der Waals surface area contributed by atoms with Gasteiger partial charge < -0.3 is 19.5 Å². The molecule has 1 aromatic heterocycles. The molecule has 138 valence electrons. The van der Waals surface area contributed by atoms with Crippen molar-refractivity contribution in [3.05, 3.63) is 34.5 Å². The second-order valence-electron chi connectivity index (χ2n) is 7.81. The highest BCUT2D eigenvalue weighted by Gasteiger charge is 2.47. The summed E-state index contributed by atoms with van der Waals surface area (Å²) in [4.78, 5) is 31.9. The average molecular weight is 355 g/mol. The van der Waals surface area contributed by atoms with Gasteiger partial charge in [0.25, 0.3) is 5.91 Å². The molecule has 0 unspecified atom stereocenters. The Kier molecular flexibility index (Phi) is 3.75. The molecule has 2 saturated heterocycles. The number of aromatic amines is 1. The van der Waals surface area contributed by atoms with E-state index in [4.69, 9.17) is 4.74 Å². The van der Waals surface area contributed by atoms with E-state index in [0.29, 0.717) is 25.3 Å². The largest absolute Gasteiger partial charge is 0.439 e. The molecular formula is C20H25N3O3. The molecule has 2 amide bonds. The predicted octanol–water partition coefficient (Wildman–Crippen LogP) is 3.15. The van der Waals surface area contributed by atoms with E-state index < -0.39 is 5.60 Å². The van der Waals surface area contributed by atoms with Gasteiger partial charge in [0, 0.05) is 24.5 Å². The molecule has 26 heavy (non-hydrogen) atoms. The molecule has 3 heterocycles. The zero-order chi connectivity index (χ0) is 18.6. The number of rotatable bonds is 1. The number of amides is 2. The van der Waals surface area contributed by atoms with Crippen molar-refractivity contribution in [2.45, 2.75) is 39.2 Å². The second kappa shape index (κ2) is 5.76. The van der Waals surface area contributed by atoms with E-state index >= 15 is 0 Å². The maximum absolute atomic E-state index is 13.3. The van der Waals surface area contributed by atoms with Gasteiger partial charge in [0.15, 0.2) is 0 Å². The number of hydrogen-bond acceptors (Lipinski definition) is 3. The number of hydrogen-bond donors (Lipinski definition) is 1. The molecule has 6 heteroatoms. The van der Waals surface area contributed by atoms with Crippen LogP contribution in [-0.4, -0.2) is 59.1 Å². The lowest BCUT2D eigenvalue weighted by atomic mass is 9.92. The topological polar surface area (TPSA) is 65.6 Å². The van der Waals surface area contributed by atoms with Crippen LogP contribution in [0.1, 0.15) is 40.0 Å². The fourth-order valence-corrected chi connectivity index (χ4v) is 4.45. The van der Waals surface area contributed by atoms with Crippen LogP contribution in [0.15, 0.2) is 12.1 Å². The van der Waals surface area contributed by atoms with Crippen LogP contribution in [0.4, 0.5) is 4.79 Å². The van der Waals surface area contributed by atoms with Gasteiger partial charge in [-0.2, -0.15) is 0 Å². The predicted molar refractivity (Wildman–Crippen MR) is 99.5 cm³/mol. The molecule has 2 aromatic rings. The maximum atomic E-state index is 13.3. The lowest BCUT2D eigenvalue weighted by Crippen LogP contribution is -2.52. The summed E-state index contributed by atoms with van der Waals surface area (Å²) in [5, 5.41) is 1.13. The van der Waals surface area contributed by atoms with Crippen molar-refractivity contribution in [2.75, 3.05) is 26.7 Å². The van der Waals surface area contributed by atoms with Crippen LogP contribution in [0.2, 0.25) is 0 Å². The summed E-state index contributed by atoms with van der Waals surface area (Å²) in [6.07, 6.45) is 1.34. The number of aromatic nitrogens is 1. The van der Waals surface area contributed by atoms with Crippen molar-refractivity contribution in [3.8, 4) is 0 Å². The Morgan fingerprint density at radius 3 is 2.58 bits per heavy atom. The molecule has 1 aromatic carbocycles. The van der Waals surface area contributed by atoms with E-state index in [1.807, 2.05) is 11.8 Å². The van der Waals surface area contributed by atoms with Crippen molar-refractivity contribution < 1.29 is 14.3 Å². The number of aryl methyl sites for hydroxylation is 3. The minimum absolute atomic E-state index is 0.0119. The number of carbonyl (C=O) groups is 2. The van der Waals surface area contributed by atoms with Crippen LogP contribution in [0, 0.1) is 20.8 Å². The third-order valence-electron chi connectivity index (χ3n) is 5.80. The van der Waals surface area contributed by atoms with E-state index in [0.717, 1.165) is 34.9 Å². The van der Waals surface area contributed by atoms with Gasteiger partial charge in [-0.3, -0.25) is 4.79 Å². The van der Waals surface area contributed by atoms with Crippen molar-refractivity contribution in [1.82, 2.24) is 14.8 Å². The smallest absolute Gasteiger partial charge is 0.410 e. The first-order valence-electron chi connectivity index (χ1n) is 9.13. The molecule has 0 radical (unpaired) electrons. The van der Waals surface area contributed by atoms with Crippen LogP contribution >= 0.6 is 0 Å². The third kappa shape index (κ3) is 2.47. The highest BCUT2D eigenvalue weighted by molar-refractivity contribution is 6.02. The minimum Gasteiger partial charge on any atom is -0.439 e. The molecule has 0 saturated carbocycles. The van der Waals surface area contributed by atoms with Gasteiger partial charge in [-0.1, -0.05) is 12.1 Å². The average Bonchev–Trinajstić information content (AvgIpc) is 3.08. The van der Waals surface area contributed by atoms with Gasteiger partial charge in [0.05, 0.1) is 13.1 Å². The van der Waals surface area contributed by atoms with Crippen LogP contribution in [0.5, 0.6) is 0 Å². The molecule has 4 rings (SSSR count). The first-order chi connectivity index (χ1) is 12.3. The van der Waals surface area contributed by atoms with Crippen molar-refractivity contribution in [1.29, 1.82) is 0 Å². The zero-order valence-corrected chi connectivity index (χ0v) is 15.8. The number of piperidine rings is 1. The van der Waals surface area contributed by atoms with Gasteiger partial charge in [-0.05, 0) is 50.3 Å². The number of fused-ring (bicyclic) bond motifs is 1. The monoisotopic (exact) mass is 355 g/mol. The van der Waals surface area contributed by atoms with E-state index in [9.17, 15) is 9.59 Å². The van der Waals surface area contributed by atoms with Gasteiger partial charge >= 0.3 is 6.09 Å². The number of likely N-dealkylation sites (N-methyl/N-ethyl adjacent to an activating group) is 1.